The van der Waals surface area contributed by atoms with Gasteiger partial charge in [0.05, 0.1) is 4.92 Å². The number of anilines is 1. The molecular weight excluding hydrogens is 368 g/mol. The van der Waals surface area contributed by atoms with Gasteiger partial charge in [0.1, 0.15) is 11.3 Å². The van der Waals surface area contributed by atoms with Crippen LogP contribution < -0.4 is 4.90 Å². The maximum absolute atomic E-state index is 12.5. The fraction of sp³-hybridized carbons (Fsp3) is 0.533. The summed E-state index contributed by atoms with van der Waals surface area (Å²) in [5, 5.41) is 20.5. The minimum atomic E-state index is -0.738. The number of nitrogens with zero attached hydrogens (tertiary/aromatic N) is 2. The number of rotatable bonds is 5. The summed E-state index contributed by atoms with van der Waals surface area (Å²) in [6, 6.07) is 4.34. The van der Waals surface area contributed by atoms with Crippen LogP contribution in [0, 0.1) is 16.0 Å². The Balaban J connectivity index is 3.31. The molecule has 0 bridgehead atoms. The Bertz CT molecular complexity index is 586. The fourth-order valence-corrected chi connectivity index (χ4v) is 2.17. The molecule has 1 aromatic carbocycles. The molecule has 1 aromatic rings. The molecule has 0 aliphatic heterocycles. The highest BCUT2D eigenvalue weighted by atomic mass is 79.9. The molecule has 1 rings (SSSR count). The Labute approximate surface area is 143 Å². The Morgan fingerprint density at radius 1 is 1.48 bits per heavy atom. The van der Waals surface area contributed by atoms with E-state index in [2.05, 4.69) is 15.9 Å². The van der Waals surface area contributed by atoms with Crippen LogP contribution in [0.2, 0.25) is 0 Å². The van der Waals surface area contributed by atoms with E-state index in [0.29, 0.717) is 4.47 Å². The van der Waals surface area contributed by atoms with Crippen LogP contribution in [0.1, 0.15) is 27.7 Å². The first-order valence-corrected chi connectivity index (χ1v) is 7.89. The first kappa shape index (κ1) is 19.4. The summed E-state index contributed by atoms with van der Waals surface area (Å²) in [6.45, 7) is 6.83. The summed E-state index contributed by atoms with van der Waals surface area (Å²) in [4.78, 5) is 24.4. The molecule has 1 amide bonds. The summed E-state index contributed by atoms with van der Waals surface area (Å²) in [6.07, 6.45) is -0.695. The van der Waals surface area contributed by atoms with Crippen LogP contribution >= 0.6 is 15.9 Å². The van der Waals surface area contributed by atoms with E-state index in [1.165, 1.54) is 23.1 Å². The second kappa shape index (κ2) is 7.74. The zero-order valence-corrected chi connectivity index (χ0v) is 15.2. The molecule has 128 valence electrons. The zero-order valence-electron chi connectivity index (χ0n) is 13.6. The van der Waals surface area contributed by atoms with Gasteiger partial charge in [-0.1, -0.05) is 22.9 Å². The van der Waals surface area contributed by atoms with E-state index >= 15 is 0 Å². The number of amides is 1. The van der Waals surface area contributed by atoms with Crippen LogP contribution in [-0.2, 0) is 4.74 Å². The lowest BCUT2D eigenvalue weighted by molar-refractivity contribution is -0.384. The van der Waals surface area contributed by atoms with Crippen LogP contribution in [0.25, 0.3) is 0 Å². The standard InChI is InChI=1S/C15H21BrN2O5/c1-10(9-19)8-17(14(20)23-15(2,3)4)13-7-11(16)5-6-12(13)18(21)22/h5-7,10,19H,8-9H2,1-4H3/t10-/m0/s1. The van der Waals surface area contributed by atoms with Gasteiger partial charge in [-0.05, 0) is 38.8 Å². The Hall–Kier alpha value is -1.67. The molecule has 1 N–H and O–H groups in total. The number of benzene rings is 1. The minimum absolute atomic E-state index is 0.0999. The second-order valence-electron chi connectivity index (χ2n) is 6.27. The molecule has 1 atom stereocenters. The van der Waals surface area contributed by atoms with Crippen molar-refractivity contribution in [3.63, 3.8) is 0 Å². The second-order valence-corrected chi connectivity index (χ2v) is 7.18. The maximum atomic E-state index is 12.5. The van der Waals surface area contributed by atoms with Crippen molar-refractivity contribution in [1.82, 2.24) is 0 Å². The lowest BCUT2D eigenvalue weighted by atomic mass is 10.1. The first-order valence-electron chi connectivity index (χ1n) is 7.10. The van der Waals surface area contributed by atoms with Gasteiger partial charge in [0.25, 0.3) is 5.69 Å². The Morgan fingerprint density at radius 2 is 2.09 bits per heavy atom. The quantitative estimate of drug-likeness (QED) is 0.612. The molecular formula is C15H21BrN2O5. The van der Waals surface area contributed by atoms with Gasteiger partial charge in [-0.3, -0.25) is 15.0 Å². The number of halogens is 1. The van der Waals surface area contributed by atoms with Crippen molar-refractivity contribution >= 4 is 33.4 Å². The van der Waals surface area contributed by atoms with Gasteiger partial charge in [0.2, 0.25) is 0 Å². The molecule has 0 saturated heterocycles. The van der Waals surface area contributed by atoms with Crippen LogP contribution in [0.4, 0.5) is 16.2 Å². The summed E-state index contributed by atoms with van der Waals surface area (Å²) >= 11 is 3.26. The average molecular weight is 389 g/mol. The fourth-order valence-electron chi connectivity index (χ4n) is 1.82. The number of nitro groups is 1. The highest BCUT2D eigenvalue weighted by molar-refractivity contribution is 9.10. The topological polar surface area (TPSA) is 92.9 Å². The van der Waals surface area contributed by atoms with Crippen LogP contribution in [0.5, 0.6) is 0 Å². The van der Waals surface area contributed by atoms with Crippen LogP contribution in [0.3, 0.4) is 0 Å². The molecule has 0 saturated carbocycles. The van der Waals surface area contributed by atoms with Crippen molar-refractivity contribution in [3.05, 3.63) is 32.8 Å². The third-order valence-corrected chi connectivity index (χ3v) is 3.34. The molecule has 0 aliphatic carbocycles. The largest absolute Gasteiger partial charge is 0.443 e. The normalized spacial score (nSPS) is 12.6. The smallest absolute Gasteiger partial charge is 0.415 e. The third-order valence-electron chi connectivity index (χ3n) is 2.84. The van der Waals surface area contributed by atoms with E-state index in [1.54, 1.807) is 27.7 Å². The molecule has 0 fully saturated rings. The van der Waals surface area contributed by atoms with Crippen molar-refractivity contribution < 1.29 is 19.6 Å². The van der Waals surface area contributed by atoms with Gasteiger partial charge >= 0.3 is 6.09 Å². The summed E-state index contributed by atoms with van der Waals surface area (Å²) in [5.41, 5.74) is -0.818. The van der Waals surface area contributed by atoms with Crippen molar-refractivity contribution in [1.29, 1.82) is 0 Å². The number of carbonyl (C=O) groups is 1. The molecule has 8 heteroatoms. The number of hydrogen-bond donors (Lipinski definition) is 1. The molecule has 7 nitrogen and oxygen atoms in total. The molecule has 0 heterocycles. The number of aliphatic hydroxyl groups excluding tert-OH is 1. The molecule has 0 radical (unpaired) electrons. The molecule has 0 aromatic heterocycles. The molecule has 0 aliphatic rings. The van der Waals surface area contributed by atoms with Crippen molar-refractivity contribution in [2.24, 2.45) is 5.92 Å². The predicted molar refractivity (Wildman–Crippen MR) is 90.6 cm³/mol. The highest BCUT2D eigenvalue weighted by Crippen LogP contribution is 2.32. The van der Waals surface area contributed by atoms with Gasteiger partial charge in [-0.15, -0.1) is 0 Å². The summed E-state index contributed by atoms with van der Waals surface area (Å²) < 4.78 is 5.94. The molecule has 0 unspecified atom stereocenters. The van der Waals surface area contributed by atoms with Gasteiger partial charge in [0.15, 0.2) is 0 Å². The van der Waals surface area contributed by atoms with Crippen molar-refractivity contribution in [2.75, 3.05) is 18.1 Å². The highest BCUT2D eigenvalue weighted by Gasteiger charge is 2.29. The van der Waals surface area contributed by atoms with E-state index in [-0.39, 0.29) is 30.4 Å². The maximum Gasteiger partial charge on any atom is 0.415 e. The first-order chi connectivity index (χ1) is 10.5. The van der Waals surface area contributed by atoms with Crippen LogP contribution in [-0.4, -0.2) is 34.9 Å². The number of ether oxygens (including phenoxy) is 1. The van der Waals surface area contributed by atoms with Crippen molar-refractivity contribution in [3.8, 4) is 0 Å². The average Bonchev–Trinajstić information content (AvgIpc) is 2.41. The number of aliphatic hydroxyl groups is 1. The van der Waals surface area contributed by atoms with E-state index in [0.717, 1.165) is 0 Å². The van der Waals surface area contributed by atoms with Gasteiger partial charge in [-0.2, -0.15) is 0 Å². The molecule has 23 heavy (non-hydrogen) atoms. The number of carbonyl (C=O) groups excluding carboxylic acids is 1. The van der Waals surface area contributed by atoms with E-state index in [9.17, 15) is 20.0 Å². The van der Waals surface area contributed by atoms with E-state index in [1.807, 2.05) is 0 Å². The predicted octanol–water partition coefficient (Wildman–Crippen LogP) is 3.73. The van der Waals surface area contributed by atoms with E-state index in [4.69, 9.17) is 4.74 Å². The Kier molecular flexibility index (Phi) is 6.52. The van der Waals surface area contributed by atoms with Crippen molar-refractivity contribution in [2.45, 2.75) is 33.3 Å². The third kappa shape index (κ3) is 5.80. The summed E-state index contributed by atoms with van der Waals surface area (Å²) in [7, 11) is 0. The Morgan fingerprint density at radius 3 is 2.57 bits per heavy atom. The number of hydrogen-bond acceptors (Lipinski definition) is 5. The van der Waals surface area contributed by atoms with E-state index < -0.39 is 16.6 Å². The van der Waals surface area contributed by atoms with Gasteiger partial charge in [0, 0.05) is 23.7 Å². The number of nitro benzene ring substituents is 1. The molecule has 0 spiro atoms. The van der Waals surface area contributed by atoms with Crippen LogP contribution in [0.15, 0.2) is 22.7 Å². The van der Waals surface area contributed by atoms with Gasteiger partial charge < -0.3 is 9.84 Å². The SMILES string of the molecule is C[C@H](CO)CN(C(=O)OC(C)(C)C)c1cc(Br)ccc1[N+](=O)[O-]. The zero-order chi connectivity index (χ0) is 17.8. The van der Waals surface area contributed by atoms with Gasteiger partial charge in [-0.25, -0.2) is 4.79 Å². The lowest BCUT2D eigenvalue weighted by Gasteiger charge is -2.28. The minimum Gasteiger partial charge on any atom is -0.443 e. The monoisotopic (exact) mass is 388 g/mol. The summed E-state index contributed by atoms with van der Waals surface area (Å²) in [5.74, 6) is -0.263. The lowest BCUT2D eigenvalue weighted by Crippen LogP contribution is -2.40.